The van der Waals surface area contributed by atoms with Gasteiger partial charge in [-0.2, -0.15) is 5.48 Å². The maximum atomic E-state index is 14.6. The number of imide groups is 1. The first kappa shape index (κ1) is 115. The van der Waals surface area contributed by atoms with E-state index < -0.39 is 156 Å². The average Bonchev–Trinajstić information content (AvgIpc) is 1.45. The van der Waals surface area contributed by atoms with Crippen LogP contribution in [0.4, 0.5) is 10.5 Å². The number of unbranched alkanes of at least 4 members (excludes halogenated alkanes) is 3. The van der Waals surface area contributed by atoms with E-state index in [0.717, 1.165) is 17.3 Å². The third-order valence-electron chi connectivity index (χ3n) is 26.5. The van der Waals surface area contributed by atoms with Crippen LogP contribution < -0.4 is 36.6 Å². The number of Topliss-reactive ketones (excluding diaryl/α,β-unsaturated/α-hetero) is 4. The van der Waals surface area contributed by atoms with E-state index in [-0.39, 0.29) is 188 Å². The lowest BCUT2D eigenvalue weighted by Crippen LogP contribution is -2.64. The maximum Gasteiger partial charge on any atom is 0.407 e. The van der Waals surface area contributed by atoms with Crippen LogP contribution in [0.2, 0.25) is 0 Å². The highest BCUT2D eigenvalue weighted by Crippen LogP contribution is 2.48. The summed E-state index contributed by atoms with van der Waals surface area (Å²) in [6.07, 6.45) is -9.22. The number of nitrogens with zero attached hydrogens (tertiary/aromatic N) is 1. The summed E-state index contributed by atoms with van der Waals surface area (Å²) < 4.78 is 67.0. The van der Waals surface area contributed by atoms with Crippen molar-refractivity contribution >= 4 is 126 Å². The molecular formula is C103H139IN6O28S3. The number of hydrogen-bond acceptors (Lipinski definition) is 33. The lowest BCUT2D eigenvalue weighted by molar-refractivity contribution is -0.335. The summed E-state index contributed by atoms with van der Waals surface area (Å²) in [5.74, 6) is 8.09. The molecule has 0 aromatic heterocycles. The van der Waals surface area contributed by atoms with Gasteiger partial charge in [0.05, 0.1) is 90.5 Å². The number of aliphatic hydroxyl groups excluding tert-OH is 4. The number of fused-ring (bicyclic) bond motifs is 2. The number of hydroxylamine groups is 1. The monoisotopic (exact) mass is 2130 g/mol. The van der Waals surface area contributed by atoms with Crippen LogP contribution in [0.5, 0.6) is 11.5 Å². The molecule has 0 radical (unpaired) electrons. The molecule has 7 aliphatic rings. The Morgan fingerprint density at radius 3 is 2.18 bits per heavy atom. The van der Waals surface area contributed by atoms with Gasteiger partial charge in [0.15, 0.2) is 36.0 Å². The molecule has 141 heavy (non-hydrogen) atoms. The number of ketones is 4. The third kappa shape index (κ3) is 32.0. The molecular weight excluding hydrogens is 1990 g/mol. The number of likely N-dealkylation sites (tertiary alicyclic amines) is 1. The molecule has 34 nitrogen and oxygen atoms in total. The normalized spacial score (nSPS) is 27.8. The number of nitrogens with two attached hydrogens (primary N) is 1. The van der Waals surface area contributed by atoms with Crippen LogP contribution in [0.25, 0.3) is 0 Å². The molecule has 3 aromatic rings. The van der Waals surface area contributed by atoms with E-state index in [1.54, 1.807) is 65.0 Å². The number of ether oxygens (including phenoxy) is 11. The van der Waals surface area contributed by atoms with E-state index in [0.29, 0.717) is 83.9 Å². The van der Waals surface area contributed by atoms with Crippen molar-refractivity contribution in [1.82, 2.24) is 21.0 Å². The Bertz CT molecular complexity index is 5100. The van der Waals surface area contributed by atoms with Crippen molar-refractivity contribution in [3.8, 4) is 35.2 Å². The molecule has 5 saturated heterocycles. The van der Waals surface area contributed by atoms with E-state index in [1.807, 2.05) is 94.5 Å². The van der Waals surface area contributed by atoms with Crippen molar-refractivity contribution < 1.29 is 135 Å². The number of rotatable bonds is 48. The summed E-state index contributed by atoms with van der Waals surface area (Å²) in [4.78, 5) is 157. The highest BCUT2D eigenvalue weighted by Gasteiger charge is 2.53. The van der Waals surface area contributed by atoms with Crippen LogP contribution in [0.3, 0.4) is 0 Å². The van der Waals surface area contributed by atoms with Gasteiger partial charge in [-0.15, -0.1) is 0 Å². The third-order valence-corrected chi connectivity index (χ3v) is 32.3. The molecule has 11 N–H and O–H groups in total. The highest BCUT2D eigenvalue weighted by molar-refractivity contribution is 14.1. The summed E-state index contributed by atoms with van der Waals surface area (Å²) in [6.45, 7) is 22.5. The number of allylic oxidation sites excluding steroid dienone is 2. The van der Waals surface area contributed by atoms with Gasteiger partial charge in [0, 0.05) is 116 Å². The average molecular weight is 2130 g/mol. The lowest BCUT2D eigenvalue weighted by atomic mass is 9.72. The number of nitrogens with one attached hydrogen (secondary N) is 4. The second-order valence-electron chi connectivity index (χ2n) is 38.8. The molecule has 22 atom stereocenters. The zero-order valence-corrected chi connectivity index (χ0v) is 87.6. The van der Waals surface area contributed by atoms with E-state index >= 15 is 0 Å². The molecule has 5 heterocycles. The van der Waals surface area contributed by atoms with Gasteiger partial charge in [-0.25, -0.2) is 4.79 Å². The number of halogens is 1. The largest absolute Gasteiger partial charge is 0.496 e. The second-order valence-corrected chi connectivity index (χ2v) is 44.1. The Morgan fingerprint density at radius 1 is 0.780 bits per heavy atom. The Morgan fingerprint density at radius 2 is 1.50 bits per heavy atom. The zero-order chi connectivity index (χ0) is 103. The van der Waals surface area contributed by atoms with Crippen molar-refractivity contribution in [3.05, 3.63) is 121 Å². The molecule has 5 fully saturated rings. The van der Waals surface area contributed by atoms with Gasteiger partial charge in [0.1, 0.15) is 66.3 Å². The first-order chi connectivity index (χ1) is 67.0. The van der Waals surface area contributed by atoms with Crippen molar-refractivity contribution in [2.45, 2.75) is 326 Å². The van der Waals surface area contributed by atoms with Crippen LogP contribution in [0, 0.1) is 70.2 Å². The molecule has 0 spiro atoms. The van der Waals surface area contributed by atoms with Gasteiger partial charge in [-0.3, -0.25) is 52.9 Å². The molecule has 38 heteroatoms. The predicted molar refractivity (Wildman–Crippen MR) is 537 cm³/mol. The molecule has 0 saturated carbocycles. The van der Waals surface area contributed by atoms with Gasteiger partial charge in [-0.05, 0) is 188 Å². The first-order valence-electron chi connectivity index (χ1n) is 48.2. The highest BCUT2D eigenvalue weighted by atomic mass is 127. The quantitative estimate of drug-likeness (QED) is 0.00477. The van der Waals surface area contributed by atoms with Gasteiger partial charge in [0.25, 0.3) is 0 Å². The second kappa shape index (κ2) is 53.9. The molecule has 2 bridgehead atoms. The number of methoxy groups -OCH3 is 3. The summed E-state index contributed by atoms with van der Waals surface area (Å²) in [7, 11) is 6.79. The SMILES string of the molecule is COC(=O)CC1=C2/C(=C/CSSC(C)(C)CCC(=O)CCCNC(=O)OCc3ccc(NC(=O)[C@H](CCCCN)CC(=O)[C@H](Cc4ccccc4)NC(=O)CCCCCN4C(=O)CC(C(C)(C)C)C4=O)cc3)[C@](O)(C#C/C=C\C#C[C@@H]2OC2OC(C)C(NOC3CC(O)C(SC(=O)c4c(C)c(I)c(OC5OC(C)C(O)C(OC)C5O)c(C)c4OC)C(C)O3)C(O)C2OC2CC(C)C(CC(C)=O)CO2)CC1=O. The van der Waals surface area contributed by atoms with Crippen LogP contribution in [-0.2, 0) is 104 Å². The van der Waals surface area contributed by atoms with Crippen LogP contribution in [-0.4, -0.2) is 262 Å². The zero-order valence-electron chi connectivity index (χ0n) is 83.0. The molecule has 3 aromatic carbocycles. The maximum absolute atomic E-state index is 14.6. The molecule has 774 valence electrons. The number of benzene rings is 3. The standard InChI is InChI=1S/C103H139IN6O28S3/c1-57-47-81(130-56-67(57)48-58(2)111)136-93-88(120)86(109-138-82-53-75(114)94(63(7)132-82)140-97(124)83-59(3)85(104)91(60(4)90(83)128-14)137-98-89(121)92(129-15)87(119)62(6)134-98)61(5)133-99(93)135-77-33-22-16-17-25-41-103(126)54-76(115)70(51-80(118)127-13)84(77)71(103)40-46-139-141-102(11,12)42-39-69(112)32-28-44-106-100(125)131-55-65-35-37-68(38-36-65)107-95(122)66(31-24-26-43-105)50-74(113)73(49-64-29-20-18-21-30-64)108-78(116)34-23-19-27-45-110-79(117)52-72(96(110)123)101(8,9)10/h16-18,20-21,29-30,35-38,40,57,61-63,66-67,72-73,75,77,81-82,86-89,92-94,98-99,109,114,119-121,126H,19,23-24,26-28,31-32,34,39,42-56,105H2,1-15H3,(H,106,125)(H,107,122)(H,108,116)/b17-16-,71-40-/t57?,61?,62?,63?,66-,67?,72?,73+,75?,77+,81?,82?,86?,87?,88?,89?,92?,93?,94?,98?,99?,103+/m1/s1. The van der Waals surface area contributed by atoms with Crippen LogP contribution >= 0.6 is 55.9 Å². The smallest absolute Gasteiger partial charge is 0.407 e. The summed E-state index contributed by atoms with van der Waals surface area (Å²) in [6, 6.07) is 13.9. The fourth-order valence-electron chi connectivity index (χ4n) is 18.1. The number of amides is 5. The van der Waals surface area contributed by atoms with Crippen molar-refractivity contribution in [2.24, 2.45) is 34.8 Å². The minimum Gasteiger partial charge on any atom is -0.496 e. The number of carbonyl (C=O) groups excluding carboxylic acids is 11. The fraction of sp³-hybridized carbons (Fsp3) is 0.621. The predicted octanol–water partition coefficient (Wildman–Crippen LogP) is 10.9. The van der Waals surface area contributed by atoms with E-state index in [9.17, 15) is 78.3 Å². The first-order valence-corrected chi connectivity index (χ1v) is 52.5. The Balaban J connectivity index is 0.721. The molecule has 2 aliphatic carbocycles. The van der Waals surface area contributed by atoms with E-state index in [4.69, 9.17) is 62.7 Å². The Kier molecular flexibility index (Phi) is 43.9. The number of carbonyl (C=O) groups is 11. The van der Waals surface area contributed by atoms with Crippen molar-refractivity contribution in [2.75, 3.05) is 58.6 Å². The van der Waals surface area contributed by atoms with Gasteiger partial charge in [-0.1, -0.05) is 146 Å². The number of anilines is 1. The number of esters is 1. The van der Waals surface area contributed by atoms with Crippen LogP contribution in [0.1, 0.15) is 217 Å². The minimum absolute atomic E-state index is 0.00507. The molecule has 5 amide bonds. The lowest BCUT2D eigenvalue weighted by Gasteiger charge is -2.46. The van der Waals surface area contributed by atoms with E-state index in [2.05, 4.69) is 45.1 Å². The van der Waals surface area contributed by atoms with Gasteiger partial charge >= 0.3 is 12.1 Å². The summed E-state index contributed by atoms with van der Waals surface area (Å²) in [5.41, 5.74) is 9.25. The molecule has 18 unspecified atom stereocenters. The minimum atomic E-state index is -2.18. The fourth-order valence-corrected chi connectivity index (χ4v) is 22.5. The summed E-state index contributed by atoms with van der Waals surface area (Å²) in [5, 5.41) is 66.5. The number of alkyl carbamates (subject to hydrolysis) is 1. The van der Waals surface area contributed by atoms with Crippen molar-refractivity contribution in [1.29, 1.82) is 0 Å². The number of aliphatic hydroxyl groups is 5. The van der Waals surface area contributed by atoms with Gasteiger partial charge in [0.2, 0.25) is 35.0 Å². The van der Waals surface area contributed by atoms with Crippen LogP contribution in [0.15, 0.2) is 89.5 Å². The summed E-state index contributed by atoms with van der Waals surface area (Å²) >= 11 is 2.89. The van der Waals surface area contributed by atoms with Gasteiger partial charge < -0.3 is 104 Å². The topological polar surface area (TPSA) is 477 Å². The molecule has 5 aliphatic heterocycles. The molecule has 10 rings (SSSR count). The van der Waals surface area contributed by atoms with E-state index in [1.165, 1.54) is 66.9 Å². The number of hydrogen-bond donors (Lipinski definition) is 10. The Hall–Kier alpha value is -8.05. The van der Waals surface area contributed by atoms with Crippen molar-refractivity contribution in [3.63, 3.8) is 0 Å². The number of thioether (sulfide) groups is 1. The Labute approximate surface area is 851 Å².